The number of anilines is 2. The predicted molar refractivity (Wildman–Crippen MR) is 95.6 cm³/mol. The average molecular weight is 391 g/mol. The maximum absolute atomic E-state index is 12.7. The van der Waals surface area contributed by atoms with Crippen molar-refractivity contribution >= 4 is 17.6 Å². The number of amides is 2. The van der Waals surface area contributed by atoms with E-state index < -0.39 is 17.8 Å². The highest BCUT2D eigenvalue weighted by Gasteiger charge is 2.30. The minimum Gasteiger partial charge on any atom is -0.308 e. The van der Waals surface area contributed by atoms with E-state index in [1.54, 1.807) is 4.68 Å². The van der Waals surface area contributed by atoms with E-state index in [4.69, 9.17) is 4.52 Å². The molecule has 2 amide bonds. The van der Waals surface area contributed by atoms with Gasteiger partial charge in [-0.25, -0.2) is 4.79 Å². The third-order valence-electron chi connectivity index (χ3n) is 3.99. The molecule has 0 spiro atoms. The Bertz CT molecular complexity index is 942. The molecule has 1 atom stereocenters. The molecule has 9 heteroatoms. The number of rotatable bonds is 5. The number of hydrogen-bond donors (Lipinski definition) is 2. The summed E-state index contributed by atoms with van der Waals surface area (Å²) in [5.41, 5.74) is 0.289. The molecule has 3 rings (SSSR count). The molecule has 6 nitrogen and oxygen atoms in total. The third kappa shape index (κ3) is 5.09. The topological polar surface area (TPSA) is 71.0 Å². The highest BCUT2D eigenvalue weighted by Crippen LogP contribution is 2.30. The highest BCUT2D eigenvalue weighted by atomic mass is 19.4. The first-order valence-corrected chi connectivity index (χ1v) is 8.48. The summed E-state index contributed by atoms with van der Waals surface area (Å²) in [5, 5.41) is 8.61. The van der Waals surface area contributed by atoms with Crippen LogP contribution in [0.3, 0.4) is 0 Å². The summed E-state index contributed by atoms with van der Waals surface area (Å²) in [5.74, 6) is 0.0735. The van der Waals surface area contributed by atoms with Crippen molar-refractivity contribution in [1.82, 2.24) is 5.27 Å². The van der Waals surface area contributed by atoms with Gasteiger partial charge in [-0.15, -0.1) is 0 Å². The number of carbonyl (C=O) groups is 1. The van der Waals surface area contributed by atoms with E-state index in [1.165, 1.54) is 18.3 Å². The van der Waals surface area contributed by atoms with Crippen LogP contribution in [-0.4, -0.2) is 11.3 Å². The molecule has 0 aliphatic carbocycles. The second kappa shape index (κ2) is 8.12. The monoisotopic (exact) mass is 391 g/mol. The second-order valence-corrected chi connectivity index (χ2v) is 6.24. The molecule has 1 unspecified atom stereocenters. The van der Waals surface area contributed by atoms with Crippen LogP contribution in [-0.2, 0) is 12.6 Å². The second-order valence-electron chi connectivity index (χ2n) is 6.24. The molecule has 0 aliphatic rings. The van der Waals surface area contributed by atoms with Crippen LogP contribution in [0.4, 0.5) is 29.5 Å². The fourth-order valence-electron chi connectivity index (χ4n) is 2.62. The van der Waals surface area contributed by atoms with E-state index in [-0.39, 0.29) is 17.6 Å². The van der Waals surface area contributed by atoms with E-state index in [2.05, 4.69) is 15.9 Å². The summed E-state index contributed by atoms with van der Waals surface area (Å²) in [6.45, 7) is 1.95. The lowest BCUT2D eigenvalue weighted by Gasteiger charge is -2.09. The molecule has 0 bridgehead atoms. The van der Waals surface area contributed by atoms with Crippen molar-refractivity contribution in [3.05, 3.63) is 71.9 Å². The van der Waals surface area contributed by atoms with Gasteiger partial charge in [0.25, 0.3) is 6.20 Å². The average Bonchev–Trinajstić information content (AvgIpc) is 3.10. The Morgan fingerprint density at radius 3 is 2.61 bits per heavy atom. The molecule has 1 heterocycles. The lowest BCUT2D eigenvalue weighted by molar-refractivity contribution is -0.782. The van der Waals surface area contributed by atoms with Crippen LogP contribution in [0, 0.1) is 0 Å². The molecule has 0 aliphatic heterocycles. The zero-order valence-corrected chi connectivity index (χ0v) is 14.9. The molecule has 2 aromatic carbocycles. The van der Waals surface area contributed by atoms with Gasteiger partial charge in [-0.05, 0) is 28.4 Å². The van der Waals surface area contributed by atoms with Crippen molar-refractivity contribution in [2.45, 2.75) is 25.6 Å². The Morgan fingerprint density at radius 1 is 1.14 bits per heavy atom. The number of nitrogens with zero attached hydrogens (tertiary/aromatic N) is 2. The zero-order chi connectivity index (χ0) is 20.1. The Labute approximate surface area is 158 Å². The van der Waals surface area contributed by atoms with Gasteiger partial charge in [0.05, 0.1) is 5.56 Å². The predicted octanol–water partition coefficient (Wildman–Crippen LogP) is 4.43. The SMILES string of the molecule is CC(Cc1ccccc1)[n+]1cc(NC(=O)Nc2cccc(C(F)(F)F)c2)on1. The van der Waals surface area contributed by atoms with E-state index in [9.17, 15) is 18.0 Å². The van der Waals surface area contributed by atoms with Crippen LogP contribution in [0.15, 0.2) is 65.3 Å². The quantitative estimate of drug-likeness (QED) is 0.632. The number of urea groups is 1. The van der Waals surface area contributed by atoms with Crippen molar-refractivity contribution in [3.63, 3.8) is 0 Å². The number of carbonyl (C=O) groups excluding carboxylic acids is 1. The van der Waals surface area contributed by atoms with E-state index >= 15 is 0 Å². The molecule has 0 fully saturated rings. The first kappa shape index (κ1) is 19.4. The molecule has 1 aromatic heterocycles. The molecule has 0 saturated heterocycles. The third-order valence-corrected chi connectivity index (χ3v) is 3.99. The molecule has 2 N–H and O–H groups in total. The Morgan fingerprint density at radius 2 is 1.89 bits per heavy atom. The van der Waals surface area contributed by atoms with Gasteiger partial charge in [-0.3, -0.25) is 9.84 Å². The zero-order valence-electron chi connectivity index (χ0n) is 14.9. The Kier molecular flexibility index (Phi) is 5.62. The fraction of sp³-hybridized carbons (Fsp3) is 0.211. The van der Waals surface area contributed by atoms with Crippen LogP contribution in [0.5, 0.6) is 0 Å². The van der Waals surface area contributed by atoms with Gasteiger partial charge in [-0.1, -0.05) is 36.4 Å². The van der Waals surface area contributed by atoms with Crippen LogP contribution in [0.1, 0.15) is 24.1 Å². The minimum absolute atomic E-state index is 0.0113. The molecule has 3 aromatic rings. The molecule has 28 heavy (non-hydrogen) atoms. The van der Waals surface area contributed by atoms with Crippen molar-refractivity contribution in [2.75, 3.05) is 10.6 Å². The van der Waals surface area contributed by atoms with Crippen LogP contribution in [0.25, 0.3) is 0 Å². The van der Waals surface area contributed by atoms with Crippen molar-refractivity contribution < 1.29 is 27.2 Å². The van der Waals surface area contributed by atoms with Crippen LogP contribution < -0.4 is 15.3 Å². The van der Waals surface area contributed by atoms with Crippen molar-refractivity contribution in [1.29, 1.82) is 0 Å². The fourth-order valence-corrected chi connectivity index (χ4v) is 2.62. The molecule has 146 valence electrons. The molecular formula is C19H18F3N4O2+. The van der Waals surface area contributed by atoms with Gasteiger partial charge in [0.1, 0.15) is 0 Å². The summed E-state index contributed by atoms with van der Waals surface area (Å²) in [4.78, 5) is 12.0. The first-order chi connectivity index (χ1) is 13.3. The maximum atomic E-state index is 12.7. The highest BCUT2D eigenvalue weighted by molar-refractivity contribution is 5.98. The van der Waals surface area contributed by atoms with Gasteiger partial charge >= 0.3 is 18.1 Å². The van der Waals surface area contributed by atoms with Gasteiger partial charge < -0.3 is 5.32 Å². The number of halogens is 3. The van der Waals surface area contributed by atoms with Crippen LogP contribution in [0.2, 0.25) is 0 Å². The van der Waals surface area contributed by atoms with E-state index in [1.807, 2.05) is 37.3 Å². The van der Waals surface area contributed by atoms with Crippen molar-refractivity contribution in [3.8, 4) is 0 Å². The number of benzene rings is 2. The van der Waals surface area contributed by atoms with E-state index in [0.717, 1.165) is 17.7 Å². The maximum Gasteiger partial charge on any atom is 0.416 e. The first-order valence-electron chi connectivity index (χ1n) is 8.48. The molecule has 0 radical (unpaired) electrons. The minimum atomic E-state index is -4.49. The van der Waals surface area contributed by atoms with E-state index in [0.29, 0.717) is 6.42 Å². The normalized spacial score (nSPS) is 12.4. The Balaban J connectivity index is 1.59. The number of aromatic nitrogens is 2. The van der Waals surface area contributed by atoms with Gasteiger partial charge in [-0.2, -0.15) is 13.2 Å². The number of nitrogens with one attached hydrogen (secondary N) is 2. The van der Waals surface area contributed by atoms with Gasteiger partial charge in [0.15, 0.2) is 6.04 Å². The standard InChI is InChI=1S/C19H17F3N4O2/c1-13(10-14-6-3-2-4-7-14)26-12-17(28-25-26)24-18(27)23-16-9-5-8-15(11-16)19(20,21)22/h2-9,11-13H,10H2,1H3,(H-,23,24,25,27)/p+1. The lowest BCUT2D eigenvalue weighted by atomic mass is 10.1. The summed E-state index contributed by atoms with van der Waals surface area (Å²) in [6, 6.07) is 13.4. The molecule has 0 saturated carbocycles. The number of alkyl halides is 3. The largest absolute Gasteiger partial charge is 0.416 e. The summed E-state index contributed by atoms with van der Waals surface area (Å²) < 4.78 is 44.8. The van der Waals surface area contributed by atoms with Crippen molar-refractivity contribution in [2.24, 2.45) is 0 Å². The molecular weight excluding hydrogens is 373 g/mol. The Hall–Kier alpha value is -3.36. The smallest absolute Gasteiger partial charge is 0.308 e. The van der Waals surface area contributed by atoms with Crippen LogP contribution >= 0.6 is 0 Å². The summed E-state index contributed by atoms with van der Waals surface area (Å²) in [6.07, 6.45) is -2.26. The summed E-state index contributed by atoms with van der Waals surface area (Å²) in [7, 11) is 0. The van der Waals surface area contributed by atoms with Gasteiger partial charge in [0.2, 0.25) is 5.27 Å². The number of hydrogen-bond acceptors (Lipinski definition) is 3. The summed E-state index contributed by atoms with van der Waals surface area (Å²) >= 11 is 0. The van der Waals surface area contributed by atoms with Gasteiger partial charge in [0, 0.05) is 19.0 Å². The lowest BCUT2D eigenvalue weighted by Crippen LogP contribution is -2.40.